The zero-order valence-electron chi connectivity index (χ0n) is 7.73. The maximum absolute atomic E-state index is 9.69. The van der Waals surface area contributed by atoms with E-state index in [9.17, 15) is 9.13 Å². The van der Waals surface area contributed by atoms with Crippen LogP contribution >= 0.6 is 40.0 Å². The van der Waals surface area contributed by atoms with Crippen LogP contribution in [0, 0.1) is 0 Å². The summed E-state index contributed by atoms with van der Waals surface area (Å²) in [5.74, 6) is 0. The summed E-state index contributed by atoms with van der Waals surface area (Å²) in [4.78, 5) is 31.8. The molecule has 0 aliphatic rings. The molecule has 4 N–H and O–H groups in total. The predicted molar refractivity (Wildman–Crippen MR) is 59.7 cm³/mol. The molecule has 0 aliphatic carbocycles. The third-order valence-electron chi connectivity index (χ3n) is 0.824. The Kier molecular flexibility index (Phi) is 18.0. The van der Waals surface area contributed by atoms with Crippen molar-refractivity contribution in [2.45, 2.75) is 13.8 Å². The van der Waals surface area contributed by atoms with Gasteiger partial charge in [-0.1, -0.05) is 13.8 Å². The van der Waals surface area contributed by atoms with Crippen molar-refractivity contribution in [3.8, 4) is 0 Å². The van der Waals surface area contributed by atoms with Crippen molar-refractivity contribution in [2.24, 2.45) is 0 Å². The Morgan fingerprint density at radius 3 is 0.857 bits per heavy atom. The van der Waals surface area contributed by atoms with E-state index >= 15 is 0 Å². The number of rotatable bonds is 2. The van der Waals surface area contributed by atoms with E-state index < -0.39 is 15.2 Å². The zero-order chi connectivity index (χ0) is 10.4. The van der Waals surface area contributed by atoms with Gasteiger partial charge in [0.05, 0.1) is 0 Å². The van der Waals surface area contributed by atoms with E-state index in [4.69, 9.17) is 19.6 Å². The number of hydrogen-bond donors (Lipinski definition) is 4. The average molecular weight is 293 g/mol. The minimum Gasteiger partial charge on any atom is -0.324 e. The van der Waals surface area contributed by atoms with Gasteiger partial charge in [0.25, 0.3) is 0 Å². The van der Waals surface area contributed by atoms with Crippen LogP contribution in [0.15, 0.2) is 0 Å². The highest BCUT2D eigenvalue weighted by atomic mass is 35.5. The van der Waals surface area contributed by atoms with Gasteiger partial charge in [-0.25, -0.2) is 0 Å². The summed E-state index contributed by atoms with van der Waals surface area (Å²) in [7, 11) is -7.29. The molecule has 0 spiro atoms. The fourth-order valence-electron chi connectivity index (χ4n) is 0. The maximum Gasteiger partial charge on any atom is 0.325 e. The van der Waals surface area contributed by atoms with Gasteiger partial charge in [-0.3, -0.25) is 9.13 Å². The Morgan fingerprint density at radius 1 is 0.786 bits per heavy atom. The molecule has 0 unspecified atom stereocenters. The summed E-state index contributed by atoms with van der Waals surface area (Å²) in [6, 6.07) is 0. The quantitative estimate of drug-likeness (QED) is 0.569. The van der Waals surface area contributed by atoms with Crippen molar-refractivity contribution < 1.29 is 28.7 Å². The van der Waals surface area contributed by atoms with Gasteiger partial charge >= 0.3 is 15.2 Å². The van der Waals surface area contributed by atoms with Crippen molar-refractivity contribution in [1.29, 1.82) is 0 Å². The minimum absolute atomic E-state index is 0. The lowest BCUT2D eigenvalue weighted by molar-refractivity contribution is 0.372. The highest BCUT2D eigenvalue weighted by molar-refractivity contribution is 7.51. The Balaban J connectivity index is -0.0000000625. The van der Waals surface area contributed by atoms with Gasteiger partial charge in [-0.15, -0.1) is 24.8 Å². The molecule has 0 aliphatic heterocycles. The van der Waals surface area contributed by atoms with Gasteiger partial charge < -0.3 is 19.6 Å². The van der Waals surface area contributed by atoms with E-state index in [1.807, 2.05) is 0 Å². The molecule has 0 saturated heterocycles. The lowest BCUT2D eigenvalue weighted by Gasteiger charge is -1.92. The molecule has 0 aromatic heterocycles. The van der Waals surface area contributed by atoms with E-state index in [0.717, 1.165) is 0 Å². The van der Waals surface area contributed by atoms with Gasteiger partial charge in [0.15, 0.2) is 0 Å². The summed E-state index contributed by atoms with van der Waals surface area (Å²) in [6.45, 7) is 2.89. The van der Waals surface area contributed by atoms with Gasteiger partial charge in [0, 0.05) is 12.3 Å². The number of hydrogen-bond acceptors (Lipinski definition) is 2. The zero-order valence-corrected chi connectivity index (χ0v) is 11.2. The van der Waals surface area contributed by atoms with Crippen LogP contribution in [-0.4, -0.2) is 31.9 Å². The summed E-state index contributed by atoms with van der Waals surface area (Å²) in [5.41, 5.74) is 0. The molecule has 0 fully saturated rings. The molecule has 0 atom stereocenters. The fraction of sp³-hybridized carbons (Fsp3) is 1.00. The summed E-state index contributed by atoms with van der Waals surface area (Å²) >= 11 is 0. The third-order valence-corrected chi connectivity index (χ3v) is 2.47. The predicted octanol–water partition coefficient (Wildman–Crippen LogP) is 1.21. The molecule has 0 bridgehead atoms. The van der Waals surface area contributed by atoms with Crippen LogP contribution in [0.5, 0.6) is 0 Å². The molecule has 0 amide bonds. The van der Waals surface area contributed by atoms with Gasteiger partial charge in [0.2, 0.25) is 0 Å². The van der Waals surface area contributed by atoms with Crippen LogP contribution in [0.3, 0.4) is 0 Å². The maximum atomic E-state index is 9.69. The van der Waals surface area contributed by atoms with Crippen molar-refractivity contribution >= 4 is 40.0 Å². The van der Waals surface area contributed by atoms with Gasteiger partial charge in [-0.05, 0) is 0 Å². The van der Waals surface area contributed by atoms with Gasteiger partial charge in [0.1, 0.15) is 0 Å². The molecule has 92 valence electrons. The first-order valence-electron chi connectivity index (χ1n) is 3.21. The second-order valence-corrected chi connectivity index (χ2v) is 5.89. The highest BCUT2D eigenvalue weighted by Gasteiger charge is 2.05. The minimum atomic E-state index is -3.65. The SMILES string of the molecule is CCP(=O)(O)O.CCP(=O)(O)O.Cl.Cl. The first kappa shape index (κ1) is 24.2. The van der Waals surface area contributed by atoms with Crippen LogP contribution in [0.25, 0.3) is 0 Å². The standard InChI is InChI=1S/2C2H7O3P.2ClH/c2*1-2-6(3,4)5;;/h2*2H2,1H3,(H2,3,4,5);2*1H. The Hall–Kier alpha value is 0.880. The van der Waals surface area contributed by atoms with E-state index in [2.05, 4.69) is 0 Å². The first-order valence-corrected chi connectivity index (χ1v) is 6.81. The molecule has 6 nitrogen and oxygen atoms in total. The van der Waals surface area contributed by atoms with Crippen molar-refractivity contribution in [1.82, 2.24) is 0 Å². The Labute approximate surface area is 95.2 Å². The van der Waals surface area contributed by atoms with Gasteiger partial charge in [-0.2, -0.15) is 0 Å². The summed E-state index contributed by atoms with van der Waals surface area (Å²) in [6.07, 6.45) is -0.125. The average Bonchev–Trinajstić information content (AvgIpc) is 1.86. The molecule has 0 radical (unpaired) electrons. The van der Waals surface area contributed by atoms with Crippen LogP contribution in [0.2, 0.25) is 0 Å². The summed E-state index contributed by atoms with van der Waals surface area (Å²) < 4.78 is 19.4. The second kappa shape index (κ2) is 10.4. The van der Waals surface area contributed by atoms with Crippen LogP contribution in [-0.2, 0) is 9.13 Å². The molecule has 0 aromatic carbocycles. The number of halogens is 2. The largest absolute Gasteiger partial charge is 0.325 e. The fourth-order valence-corrected chi connectivity index (χ4v) is 0. The van der Waals surface area contributed by atoms with Crippen LogP contribution < -0.4 is 0 Å². The van der Waals surface area contributed by atoms with Crippen molar-refractivity contribution in [2.75, 3.05) is 12.3 Å². The Bertz CT molecular complexity index is 176. The molecule has 14 heavy (non-hydrogen) atoms. The third kappa shape index (κ3) is 38.4. The topological polar surface area (TPSA) is 115 Å². The van der Waals surface area contributed by atoms with E-state index in [1.165, 1.54) is 13.8 Å². The highest BCUT2D eigenvalue weighted by Crippen LogP contribution is 2.32. The molecular weight excluding hydrogens is 277 g/mol. The van der Waals surface area contributed by atoms with Crippen LogP contribution in [0.4, 0.5) is 0 Å². The van der Waals surface area contributed by atoms with E-state index in [1.54, 1.807) is 0 Å². The molecular formula is C4H16Cl2O6P2. The molecule has 0 heterocycles. The monoisotopic (exact) mass is 292 g/mol. The first-order chi connectivity index (χ1) is 5.12. The molecule has 0 saturated carbocycles. The van der Waals surface area contributed by atoms with E-state index in [0.29, 0.717) is 0 Å². The second-order valence-electron chi connectivity index (χ2n) is 1.96. The normalized spacial score (nSPS) is 10.1. The van der Waals surface area contributed by atoms with Crippen molar-refractivity contribution in [3.63, 3.8) is 0 Å². The van der Waals surface area contributed by atoms with Crippen LogP contribution in [0.1, 0.15) is 13.8 Å². The smallest absolute Gasteiger partial charge is 0.324 e. The molecule has 0 aromatic rings. The molecule has 10 heteroatoms. The van der Waals surface area contributed by atoms with E-state index in [-0.39, 0.29) is 37.1 Å². The lowest BCUT2D eigenvalue weighted by atomic mass is 11.0. The lowest BCUT2D eigenvalue weighted by Crippen LogP contribution is -1.76. The molecule has 0 rings (SSSR count). The Morgan fingerprint density at radius 2 is 0.857 bits per heavy atom. The summed E-state index contributed by atoms with van der Waals surface area (Å²) in [5, 5.41) is 0. The van der Waals surface area contributed by atoms with Crippen molar-refractivity contribution in [3.05, 3.63) is 0 Å².